The zero-order valence-corrected chi connectivity index (χ0v) is 8.46. The van der Waals surface area contributed by atoms with E-state index in [1.54, 1.807) is 0 Å². The Balaban J connectivity index is 1.81. The Hall–Kier alpha value is -0.370. The first kappa shape index (κ1) is 9.20. The number of carbonyl (C=O) groups is 1. The van der Waals surface area contributed by atoms with Gasteiger partial charge < -0.3 is 4.90 Å². The first-order valence-corrected chi connectivity index (χ1v) is 5.51. The summed E-state index contributed by atoms with van der Waals surface area (Å²) in [6, 6.07) is 0. The van der Waals surface area contributed by atoms with Gasteiger partial charge in [0.25, 0.3) is 0 Å². The lowest BCUT2D eigenvalue weighted by molar-refractivity contribution is -0.121. The van der Waals surface area contributed by atoms with Crippen molar-refractivity contribution in [1.82, 2.24) is 4.90 Å². The highest BCUT2D eigenvalue weighted by atomic mass is 16.1. The smallest absolute Gasteiger partial charge is 0.137 e. The molecule has 1 saturated carbocycles. The van der Waals surface area contributed by atoms with Crippen LogP contribution >= 0.6 is 0 Å². The molecular weight excluding hydrogens is 162 g/mol. The Morgan fingerprint density at radius 3 is 2.85 bits per heavy atom. The third-order valence-electron chi connectivity index (χ3n) is 3.42. The van der Waals surface area contributed by atoms with Gasteiger partial charge in [-0.1, -0.05) is 6.92 Å². The lowest BCUT2D eigenvalue weighted by Gasteiger charge is -2.18. The summed E-state index contributed by atoms with van der Waals surface area (Å²) in [6.45, 7) is 5.77. The van der Waals surface area contributed by atoms with Crippen molar-refractivity contribution in [1.29, 1.82) is 0 Å². The summed E-state index contributed by atoms with van der Waals surface area (Å²) in [6.07, 6.45) is 4.44. The van der Waals surface area contributed by atoms with E-state index in [9.17, 15) is 4.79 Å². The average Bonchev–Trinajstić information content (AvgIpc) is 2.64. The van der Waals surface area contributed by atoms with Crippen molar-refractivity contribution < 1.29 is 4.79 Å². The van der Waals surface area contributed by atoms with E-state index in [2.05, 4.69) is 11.8 Å². The first-order chi connectivity index (χ1) is 6.25. The molecule has 13 heavy (non-hydrogen) atoms. The van der Waals surface area contributed by atoms with E-state index in [0.29, 0.717) is 11.7 Å². The molecule has 2 atom stereocenters. The quantitative estimate of drug-likeness (QED) is 0.646. The van der Waals surface area contributed by atoms with Crippen molar-refractivity contribution in [3.8, 4) is 0 Å². The van der Waals surface area contributed by atoms with Crippen LogP contribution in [0, 0.1) is 11.8 Å². The second-order valence-electron chi connectivity index (χ2n) is 4.71. The molecule has 0 radical (unpaired) electrons. The normalized spacial score (nSPS) is 35.9. The number of Topliss-reactive ketones (excluding diaryl/α,β-unsaturated/α-hetero) is 1. The van der Waals surface area contributed by atoms with E-state index in [1.807, 2.05) is 0 Å². The van der Waals surface area contributed by atoms with Gasteiger partial charge in [-0.25, -0.2) is 0 Å². The van der Waals surface area contributed by atoms with Crippen LogP contribution in [0.25, 0.3) is 0 Å². The maximum absolute atomic E-state index is 11.4. The summed E-state index contributed by atoms with van der Waals surface area (Å²) in [4.78, 5) is 13.9. The molecule has 74 valence electrons. The third kappa shape index (κ3) is 2.11. The SMILES string of the molecule is CC1CCN(CC2CCCC2=O)C1. The summed E-state index contributed by atoms with van der Waals surface area (Å²) in [5.41, 5.74) is 0. The topological polar surface area (TPSA) is 20.3 Å². The summed E-state index contributed by atoms with van der Waals surface area (Å²) >= 11 is 0. The van der Waals surface area contributed by atoms with Gasteiger partial charge in [0, 0.05) is 25.4 Å². The molecular formula is C11H19NO. The van der Waals surface area contributed by atoms with E-state index in [1.165, 1.54) is 19.5 Å². The molecule has 2 aliphatic rings. The van der Waals surface area contributed by atoms with Crippen molar-refractivity contribution in [2.24, 2.45) is 11.8 Å². The highest BCUT2D eigenvalue weighted by Gasteiger charge is 2.28. The van der Waals surface area contributed by atoms with Crippen LogP contribution in [-0.4, -0.2) is 30.3 Å². The molecule has 2 rings (SSSR count). The molecule has 2 fully saturated rings. The van der Waals surface area contributed by atoms with E-state index in [0.717, 1.165) is 31.7 Å². The lowest BCUT2D eigenvalue weighted by atomic mass is 10.1. The molecule has 2 heteroatoms. The number of hydrogen-bond donors (Lipinski definition) is 0. The van der Waals surface area contributed by atoms with Gasteiger partial charge in [0.05, 0.1) is 0 Å². The van der Waals surface area contributed by atoms with Crippen LogP contribution in [0.2, 0.25) is 0 Å². The van der Waals surface area contributed by atoms with Crippen LogP contribution in [-0.2, 0) is 4.79 Å². The Morgan fingerprint density at radius 1 is 1.46 bits per heavy atom. The van der Waals surface area contributed by atoms with Crippen molar-refractivity contribution >= 4 is 5.78 Å². The summed E-state index contributed by atoms with van der Waals surface area (Å²) in [5, 5.41) is 0. The minimum Gasteiger partial charge on any atom is -0.302 e. The van der Waals surface area contributed by atoms with E-state index in [-0.39, 0.29) is 0 Å². The third-order valence-corrected chi connectivity index (χ3v) is 3.42. The van der Waals surface area contributed by atoms with E-state index in [4.69, 9.17) is 0 Å². The van der Waals surface area contributed by atoms with Crippen molar-refractivity contribution in [3.63, 3.8) is 0 Å². The molecule has 1 saturated heterocycles. The van der Waals surface area contributed by atoms with Crippen LogP contribution in [0.3, 0.4) is 0 Å². The van der Waals surface area contributed by atoms with Crippen LogP contribution < -0.4 is 0 Å². The predicted molar refractivity (Wildman–Crippen MR) is 52.6 cm³/mol. The number of nitrogens with zero attached hydrogens (tertiary/aromatic N) is 1. The highest BCUT2D eigenvalue weighted by Crippen LogP contribution is 2.24. The number of hydrogen-bond acceptors (Lipinski definition) is 2. The Labute approximate surface area is 80.3 Å². The first-order valence-electron chi connectivity index (χ1n) is 5.51. The van der Waals surface area contributed by atoms with Crippen LogP contribution in [0.15, 0.2) is 0 Å². The Morgan fingerprint density at radius 2 is 2.31 bits per heavy atom. The number of ketones is 1. The molecule has 0 aromatic rings. The summed E-state index contributed by atoms with van der Waals surface area (Å²) < 4.78 is 0. The number of likely N-dealkylation sites (tertiary alicyclic amines) is 1. The maximum atomic E-state index is 11.4. The molecule has 0 aromatic heterocycles. The largest absolute Gasteiger partial charge is 0.302 e. The molecule has 1 aliphatic carbocycles. The molecule has 0 N–H and O–H groups in total. The second-order valence-corrected chi connectivity index (χ2v) is 4.71. The van der Waals surface area contributed by atoms with Crippen LogP contribution in [0.5, 0.6) is 0 Å². The number of rotatable bonds is 2. The van der Waals surface area contributed by atoms with Crippen LogP contribution in [0.1, 0.15) is 32.6 Å². The molecule has 0 spiro atoms. The standard InChI is InChI=1S/C11H19NO/c1-9-5-6-12(7-9)8-10-3-2-4-11(10)13/h9-10H,2-8H2,1H3. The fraction of sp³-hybridized carbons (Fsp3) is 0.909. The van der Waals surface area contributed by atoms with Crippen LogP contribution in [0.4, 0.5) is 0 Å². The maximum Gasteiger partial charge on any atom is 0.137 e. The van der Waals surface area contributed by atoms with Gasteiger partial charge in [-0.15, -0.1) is 0 Å². The van der Waals surface area contributed by atoms with Gasteiger partial charge in [0.2, 0.25) is 0 Å². The number of carbonyl (C=O) groups excluding carboxylic acids is 1. The predicted octanol–water partition coefficient (Wildman–Crippen LogP) is 1.70. The van der Waals surface area contributed by atoms with Gasteiger partial charge in [0.15, 0.2) is 0 Å². The van der Waals surface area contributed by atoms with Crippen molar-refractivity contribution in [3.05, 3.63) is 0 Å². The monoisotopic (exact) mass is 181 g/mol. The second kappa shape index (κ2) is 3.79. The minimum atomic E-state index is 0.380. The van der Waals surface area contributed by atoms with Crippen molar-refractivity contribution in [2.45, 2.75) is 32.6 Å². The van der Waals surface area contributed by atoms with E-state index >= 15 is 0 Å². The Bertz CT molecular complexity index is 202. The molecule has 1 heterocycles. The van der Waals surface area contributed by atoms with Gasteiger partial charge in [-0.3, -0.25) is 4.79 Å². The fourth-order valence-electron chi connectivity index (χ4n) is 2.58. The molecule has 2 unspecified atom stereocenters. The molecule has 0 aromatic carbocycles. The Kier molecular flexibility index (Phi) is 2.68. The van der Waals surface area contributed by atoms with Gasteiger partial charge in [-0.05, 0) is 31.7 Å². The highest BCUT2D eigenvalue weighted by molar-refractivity contribution is 5.83. The van der Waals surface area contributed by atoms with E-state index < -0.39 is 0 Å². The molecule has 1 aliphatic heterocycles. The summed E-state index contributed by atoms with van der Waals surface area (Å²) in [5.74, 6) is 1.74. The van der Waals surface area contributed by atoms with Gasteiger partial charge in [-0.2, -0.15) is 0 Å². The zero-order chi connectivity index (χ0) is 9.26. The van der Waals surface area contributed by atoms with Crippen molar-refractivity contribution in [2.75, 3.05) is 19.6 Å². The molecule has 2 nitrogen and oxygen atoms in total. The average molecular weight is 181 g/mol. The van der Waals surface area contributed by atoms with Gasteiger partial charge >= 0.3 is 0 Å². The minimum absolute atomic E-state index is 0.380. The zero-order valence-electron chi connectivity index (χ0n) is 8.46. The summed E-state index contributed by atoms with van der Waals surface area (Å²) in [7, 11) is 0. The fourth-order valence-corrected chi connectivity index (χ4v) is 2.58. The lowest BCUT2D eigenvalue weighted by Crippen LogP contribution is -2.29. The van der Waals surface area contributed by atoms with Gasteiger partial charge in [0.1, 0.15) is 5.78 Å². The molecule has 0 bridgehead atoms. The molecule has 0 amide bonds.